The molecule has 0 atom stereocenters. The van der Waals surface area contributed by atoms with Crippen LogP contribution in [0.2, 0.25) is 0 Å². The molecule has 0 unspecified atom stereocenters. The van der Waals surface area contributed by atoms with Crippen molar-refractivity contribution in [2.75, 3.05) is 11.2 Å². The van der Waals surface area contributed by atoms with Gasteiger partial charge in [-0.3, -0.25) is 0 Å². The summed E-state index contributed by atoms with van der Waals surface area (Å²) in [5.74, 6) is 0.501. The van der Waals surface area contributed by atoms with Crippen LogP contribution in [0, 0.1) is 12.7 Å². The van der Waals surface area contributed by atoms with Gasteiger partial charge in [0, 0.05) is 18.1 Å². The van der Waals surface area contributed by atoms with E-state index < -0.39 is 0 Å². The molecular formula is C17H19ClFN. The highest BCUT2D eigenvalue weighted by molar-refractivity contribution is 6.17. The molecule has 0 saturated carbocycles. The summed E-state index contributed by atoms with van der Waals surface area (Å²) in [6.45, 7) is 2.63. The molecule has 3 heteroatoms. The summed E-state index contributed by atoms with van der Waals surface area (Å²) < 4.78 is 13.1. The second-order valence-corrected chi connectivity index (χ2v) is 5.30. The maximum atomic E-state index is 13.1. The Morgan fingerprint density at radius 3 is 2.75 bits per heavy atom. The van der Waals surface area contributed by atoms with Crippen LogP contribution >= 0.6 is 11.6 Å². The van der Waals surface area contributed by atoms with Crippen molar-refractivity contribution in [2.45, 2.75) is 26.3 Å². The van der Waals surface area contributed by atoms with E-state index in [9.17, 15) is 4.39 Å². The number of hydrogen-bond acceptors (Lipinski definition) is 1. The van der Waals surface area contributed by atoms with Crippen LogP contribution in [0.3, 0.4) is 0 Å². The summed E-state index contributed by atoms with van der Waals surface area (Å²) in [5, 5.41) is 3.38. The third kappa shape index (κ3) is 4.24. The molecule has 106 valence electrons. The fraction of sp³-hybridized carbons (Fsp3) is 0.294. The van der Waals surface area contributed by atoms with Gasteiger partial charge in [0.25, 0.3) is 0 Å². The first kappa shape index (κ1) is 14.9. The number of anilines is 1. The molecule has 2 aromatic carbocycles. The average molecular weight is 292 g/mol. The van der Waals surface area contributed by atoms with Crippen LogP contribution in [0.15, 0.2) is 42.5 Å². The third-order valence-electron chi connectivity index (χ3n) is 3.31. The molecule has 0 bridgehead atoms. The number of rotatable bonds is 6. The molecule has 20 heavy (non-hydrogen) atoms. The highest BCUT2D eigenvalue weighted by Gasteiger charge is 2.01. The summed E-state index contributed by atoms with van der Waals surface area (Å²) in [4.78, 5) is 0. The molecule has 0 fully saturated rings. The number of hydrogen-bond donors (Lipinski definition) is 1. The standard InChI is InChI=1S/C17H19ClFN/c1-13-10-16(19)8-7-15(13)12-20-17-6-2-4-14(11-17)5-3-9-18/h2,4,6-8,10-11,20H,3,5,9,12H2,1H3. The second kappa shape index (κ2) is 7.30. The van der Waals surface area contributed by atoms with E-state index in [1.165, 1.54) is 11.6 Å². The highest BCUT2D eigenvalue weighted by atomic mass is 35.5. The van der Waals surface area contributed by atoms with Gasteiger partial charge < -0.3 is 5.32 Å². The van der Waals surface area contributed by atoms with Crippen LogP contribution < -0.4 is 5.32 Å². The first-order valence-electron chi connectivity index (χ1n) is 6.83. The predicted molar refractivity (Wildman–Crippen MR) is 83.9 cm³/mol. The van der Waals surface area contributed by atoms with Gasteiger partial charge in [0.1, 0.15) is 5.82 Å². The Morgan fingerprint density at radius 2 is 2.00 bits per heavy atom. The zero-order valence-electron chi connectivity index (χ0n) is 11.6. The van der Waals surface area contributed by atoms with Crippen LogP contribution in [0.25, 0.3) is 0 Å². The number of nitrogens with one attached hydrogen (secondary N) is 1. The molecule has 2 aromatic rings. The lowest BCUT2D eigenvalue weighted by Crippen LogP contribution is -2.02. The van der Waals surface area contributed by atoms with Gasteiger partial charge in [0.15, 0.2) is 0 Å². The summed E-state index contributed by atoms with van der Waals surface area (Å²) in [6, 6.07) is 13.2. The largest absolute Gasteiger partial charge is 0.381 e. The number of aryl methyl sites for hydroxylation is 2. The summed E-state index contributed by atoms with van der Waals surface area (Å²) in [5.41, 5.74) is 4.45. The van der Waals surface area contributed by atoms with Crippen LogP contribution in [-0.2, 0) is 13.0 Å². The predicted octanol–water partition coefficient (Wildman–Crippen LogP) is 4.92. The Labute approximate surface area is 124 Å². The molecule has 0 radical (unpaired) electrons. The minimum absolute atomic E-state index is 0.186. The Bertz CT molecular complexity index is 569. The molecule has 0 amide bonds. The normalized spacial score (nSPS) is 10.6. The molecule has 0 aliphatic rings. The maximum absolute atomic E-state index is 13.1. The Hall–Kier alpha value is -1.54. The van der Waals surface area contributed by atoms with E-state index in [-0.39, 0.29) is 5.82 Å². The van der Waals surface area contributed by atoms with Crippen molar-refractivity contribution in [1.29, 1.82) is 0 Å². The molecule has 2 rings (SSSR count). The molecular weight excluding hydrogens is 273 g/mol. The first-order valence-corrected chi connectivity index (χ1v) is 7.36. The van der Waals surface area contributed by atoms with Gasteiger partial charge in [-0.25, -0.2) is 4.39 Å². The number of benzene rings is 2. The minimum Gasteiger partial charge on any atom is -0.381 e. The number of halogens is 2. The van der Waals surface area contributed by atoms with E-state index in [0.717, 1.165) is 29.7 Å². The van der Waals surface area contributed by atoms with Gasteiger partial charge in [-0.1, -0.05) is 18.2 Å². The van der Waals surface area contributed by atoms with E-state index >= 15 is 0 Å². The Balaban J connectivity index is 1.99. The molecule has 1 nitrogen and oxygen atoms in total. The third-order valence-corrected chi connectivity index (χ3v) is 3.58. The Kier molecular flexibility index (Phi) is 5.42. The van der Waals surface area contributed by atoms with Gasteiger partial charge in [0.05, 0.1) is 0 Å². The zero-order valence-corrected chi connectivity index (χ0v) is 12.4. The average Bonchev–Trinajstić information content (AvgIpc) is 2.45. The van der Waals surface area contributed by atoms with E-state index in [1.54, 1.807) is 6.07 Å². The lowest BCUT2D eigenvalue weighted by atomic mass is 10.1. The quantitative estimate of drug-likeness (QED) is 0.745. The second-order valence-electron chi connectivity index (χ2n) is 4.92. The first-order chi connectivity index (χ1) is 9.69. The van der Waals surface area contributed by atoms with E-state index in [1.807, 2.05) is 25.1 Å². The van der Waals surface area contributed by atoms with E-state index in [4.69, 9.17) is 11.6 Å². The fourth-order valence-electron chi connectivity index (χ4n) is 2.16. The summed E-state index contributed by atoms with van der Waals surface area (Å²) in [6.07, 6.45) is 1.98. The lowest BCUT2D eigenvalue weighted by Gasteiger charge is -2.10. The van der Waals surface area contributed by atoms with Crippen molar-refractivity contribution in [3.63, 3.8) is 0 Å². The Morgan fingerprint density at radius 1 is 1.15 bits per heavy atom. The SMILES string of the molecule is Cc1cc(F)ccc1CNc1cccc(CCCCl)c1. The fourth-order valence-corrected chi connectivity index (χ4v) is 2.30. The highest BCUT2D eigenvalue weighted by Crippen LogP contribution is 2.16. The molecule has 0 aromatic heterocycles. The van der Waals surface area contributed by atoms with Gasteiger partial charge >= 0.3 is 0 Å². The smallest absolute Gasteiger partial charge is 0.123 e. The van der Waals surface area contributed by atoms with Crippen LogP contribution in [0.4, 0.5) is 10.1 Å². The van der Waals surface area contributed by atoms with Gasteiger partial charge in [-0.15, -0.1) is 11.6 Å². The summed E-state index contributed by atoms with van der Waals surface area (Å²) >= 11 is 5.72. The van der Waals surface area contributed by atoms with Crippen molar-refractivity contribution in [3.8, 4) is 0 Å². The van der Waals surface area contributed by atoms with Crippen molar-refractivity contribution >= 4 is 17.3 Å². The summed E-state index contributed by atoms with van der Waals surface area (Å²) in [7, 11) is 0. The topological polar surface area (TPSA) is 12.0 Å². The monoisotopic (exact) mass is 291 g/mol. The minimum atomic E-state index is -0.186. The van der Waals surface area contributed by atoms with Crippen LogP contribution in [0.5, 0.6) is 0 Å². The van der Waals surface area contributed by atoms with Crippen molar-refractivity contribution in [2.24, 2.45) is 0 Å². The van der Waals surface area contributed by atoms with Gasteiger partial charge in [0.2, 0.25) is 0 Å². The van der Waals surface area contributed by atoms with E-state index in [0.29, 0.717) is 12.4 Å². The van der Waals surface area contributed by atoms with Gasteiger partial charge in [-0.2, -0.15) is 0 Å². The molecule has 0 aliphatic carbocycles. The molecule has 0 aliphatic heterocycles. The van der Waals surface area contributed by atoms with Crippen LogP contribution in [-0.4, -0.2) is 5.88 Å². The van der Waals surface area contributed by atoms with Crippen molar-refractivity contribution in [3.05, 3.63) is 65.0 Å². The van der Waals surface area contributed by atoms with Crippen molar-refractivity contribution in [1.82, 2.24) is 0 Å². The molecule has 1 N–H and O–H groups in total. The van der Waals surface area contributed by atoms with E-state index in [2.05, 4.69) is 17.4 Å². The molecule has 0 heterocycles. The van der Waals surface area contributed by atoms with Gasteiger partial charge in [-0.05, 0) is 60.7 Å². The lowest BCUT2D eigenvalue weighted by molar-refractivity contribution is 0.625. The van der Waals surface area contributed by atoms with Crippen molar-refractivity contribution < 1.29 is 4.39 Å². The van der Waals surface area contributed by atoms with Crippen LogP contribution in [0.1, 0.15) is 23.1 Å². The maximum Gasteiger partial charge on any atom is 0.123 e. The number of alkyl halides is 1. The zero-order chi connectivity index (χ0) is 14.4. The molecule has 0 spiro atoms. The molecule has 0 saturated heterocycles.